The van der Waals surface area contributed by atoms with Gasteiger partial charge in [0.2, 0.25) is 0 Å². The minimum absolute atomic E-state index is 1.06. The van der Waals surface area contributed by atoms with Gasteiger partial charge in [-0.25, -0.2) is 0 Å². The van der Waals surface area contributed by atoms with Crippen LogP contribution in [0, 0.1) is 0 Å². The molecule has 0 fully saturated rings. The maximum absolute atomic E-state index is 4.38. The lowest BCUT2D eigenvalue weighted by Crippen LogP contribution is -2.25. The summed E-state index contributed by atoms with van der Waals surface area (Å²) in [5.41, 5.74) is 2.67. The van der Waals surface area contributed by atoms with Crippen LogP contribution in [0.3, 0.4) is 0 Å². The molecule has 1 aromatic rings. The van der Waals surface area contributed by atoms with Crippen molar-refractivity contribution >= 4 is 0 Å². The van der Waals surface area contributed by atoms with Gasteiger partial charge in [0.1, 0.15) is 0 Å². The van der Waals surface area contributed by atoms with Gasteiger partial charge in [-0.2, -0.15) is 5.10 Å². The van der Waals surface area contributed by atoms with E-state index in [0.717, 1.165) is 19.5 Å². The van der Waals surface area contributed by atoms with Gasteiger partial charge in [-0.15, -0.1) is 0 Å². The molecule has 3 nitrogen and oxygen atoms in total. The predicted octanol–water partition coefficient (Wildman–Crippen LogP) is 1.43. The second-order valence-electron chi connectivity index (χ2n) is 3.26. The van der Waals surface area contributed by atoms with Gasteiger partial charge in [0.15, 0.2) is 0 Å². The van der Waals surface area contributed by atoms with Gasteiger partial charge in [0.05, 0.1) is 5.69 Å². The SMILES string of the molecule is CC.CN1CCc2nn(C)cc2C1. The van der Waals surface area contributed by atoms with Crippen molar-refractivity contribution in [3.63, 3.8) is 0 Å². The van der Waals surface area contributed by atoms with E-state index in [4.69, 9.17) is 0 Å². The molecule has 0 saturated carbocycles. The lowest BCUT2D eigenvalue weighted by molar-refractivity contribution is 0.311. The van der Waals surface area contributed by atoms with Gasteiger partial charge >= 0.3 is 0 Å². The largest absolute Gasteiger partial charge is 0.302 e. The van der Waals surface area contributed by atoms with E-state index >= 15 is 0 Å². The summed E-state index contributed by atoms with van der Waals surface area (Å²) in [5.74, 6) is 0. The van der Waals surface area contributed by atoms with Gasteiger partial charge in [-0.1, -0.05) is 13.8 Å². The van der Waals surface area contributed by atoms with Crippen LogP contribution in [0.2, 0.25) is 0 Å². The van der Waals surface area contributed by atoms with Crippen LogP contribution < -0.4 is 0 Å². The van der Waals surface area contributed by atoms with E-state index in [1.54, 1.807) is 0 Å². The highest BCUT2D eigenvalue weighted by atomic mass is 15.3. The Kier molecular flexibility index (Phi) is 3.48. The van der Waals surface area contributed by atoms with Crippen molar-refractivity contribution < 1.29 is 0 Å². The summed E-state index contributed by atoms with van der Waals surface area (Å²) in [4.78, 5) is 2.32. The second kappa shape index (κ2) is 4.42. The Hall–Kier alpha value is -0.830. The Morgan fingerprint density at radius 3 is 2.69 bits per heavy atom. The van der Waals surface area contributed by atoms with Gasteiger partial charge in [0.25, 0.3) is 0 Å². The lowest BCUT2D eigenvalue weighted by Gasteiger charge is -2.20. The topological polar surface area (TPSA) is 21.1 Å². The minimum Gasteiger partial charge on any atom is -0.302 e. The standard InChI is InChI=1S/C8H13N3.C2H6/c1-10-4-3-8-7(5-10)6-11(2)9-8;1-2/h6H,3-5H2,1-2H3;1-2H3. The zero-order valence-electron chi connectivity index (χ0n) is 9.04. The highest BCUT2D eigenvalue weighted by Gasteiger charge is 2.15. The average Bonchev–Trinajstić information content (AvgIpc) is 2.48. The Morgan fingerprint density at radius 2 is 2.00 bits per heavy atom. The summed E-state index contributed by atoms with van der Waals surface area (Å²) in [6.45, 7) is 6.20. The van der Waals surface area contributed by atoms with E-state index in [-0.39, 0.29) is 0 Å². The number of aromatic nitrogens is 2. The molecule has 0 bridgehead atoms. The van der Waals surface area contributed by atoms with E-state index in [9.17, 15) is 0 Å². The van der Waals surface area contributed by atoms with Crippen molar-refractivity contribution in [1.29, 1.82) is 0 Å². The van der Waals surface area contributed by atoms with Crippen molar-refractivity contribution in [2.24, 2.45) is 7.05 Å². The fourth-order valence-electron chi connectivity index (χ4n) is 1.59. The number of aryl methyl sites for hydroxylation is 1. The van der Waals surface area contributed by atoms with Gasteiger partial charge in [-0.3, -0.25) is 4.68 Å². The smallest absolute Gasteiger partial charge is 0.0682 e. The van der Waals surface area contributed by atoms with Crippen LogP contribution in [0.15, 0.2) is 6.20 Å². The summed E-state index contributed by atoms with van der Waals surface area (Å²) in [6.07, 6.45) is 3.22. The molecule has 3 heteroatoms. The first-order chi connectivity index (χ1) is 6.25. The molecule has 74 valence electrons. The molecule has 0 N–H and O–H groups in total. The van der Waals surface area contributed by atoms with Gasteiger partial charge in [0, 0.05) is 38.3 Å². The zero-order chi connectivity index (χ0) is 9.84. The quantitative estimate of drug-likeness (QED) is 0.604. The molecule has 0 radical (unpaired) electrons. The molecular weight excluding hydrogens is 162 g/mol. The maximum Gasteiger partial charge on any atom is 0.0682 e. The number of nitrogens with zero attached hydrogens (tertiary/aromatic N) is 3. The fourth-order valence-corrected chi connectivity index (χ4v) is 1.59. The third-order valence-corrected chi connectivity index (χ3v) is 2.16. The number of hydrogen-bond acceptors (Lipinski definition) is 2. The lowest BCUT2D eigenvalue weighted by atomic mass is 10.1. The molecule has 0 amide bonds. The maximum atomic E-state index is 4.38. The highest BCUT2D eigenvalue weighted by Crippen LogP contribution is 2.14. The third kappa shape index (κ3) is 2.31. The molecule has 0 unspecified atom stereocenters. The third-order valence-electron chi connectivity index (χ3n) is 2.16. The molecular formula is C10H19N3. The molecule has 0 aromatic carbocycles. The minimum atomic E-state index is 1.06. The van der Waals surface area contributed by atoms with E-state index in [0.29, 0.717) is 0 Å². The number of likely N-dealkylation sites (N-methyl/N-ethyl adjacent to an activating group) is 1. The van der Waals surface area contributed by atoms with Gasteiger partial charge in [-0.05, 0) is 7.05 Å². The van der Waals surface area contributed by atoms with Gasteiger partial charge < -0.3 is 4.90 Å². The van der Waals surface area contributed by atoms with Crippen LogP contribution >= 0.6 is 0 Å². The fraction of sp³-hybridized carbons (Fsp3) is 0.700. The highest BCUT2D eigenvalue weighted by molar-refractivity contribution is 5.19. The van der Waals surface area contributed by atoms with Crippen molar-refractivity contribution in [2.45, 2.75) is 26.8 Å². The average molecular weight is 181 g/mol. The number of rotatable bonds is 0. The summed E-state index contributed by atoms with van der Waals surface area (Å²) in [5, 5.41) is 4.38. The van der Waals surface area contributed by atoms with Crippen LogP contribution in [-0.2, 0) is 20.0 Å². The monoisotopic (exact) mass is 181 g/mol. The molecule has 2 heterocycles. The molecule has 0 saturated heterocycles. The summed E-state index contributed by atoms with van der Waals surface area (Å²) < 4.78 is 1.91. The van der Waals surface area contributed by atoms with Crippen molar-refractivity contribution in [2.75, 3.05) is 13.6 Å². The zero-order valence-corrected chi connectivity index (χ0v) is 9.04. The summed E-state index contributed by atoms with van der Waals surface area (Å²) >= 11 is 0. The van der Waals surface area contributed by atoms with E-state index in [1.807, 2.05) is 25.6 Å². The molecule has 2 rings (SSSR count). The van der Waals surface area contributed by atoms with Crippen molar-refractivity contribution in [3.05, 3.63) is 17.5 Å². The molecule has 1 aliphatic heterocycles. The molecule has 0 spiro atoms. The second-order valence-corrected chi connectivity index (χ2v) is 3.26. The molecule has 13 heavy (non-hydrogen) atoms. The van der Waals surface area contributed by atoms with Crippen LogP contribution in [-0.4, -0.2) is 28.3 Å². The predicted molar refractivity (Wildman–Crippen MR) is 54.6 cm³/mol. The Morgan fingerprint density at radius 1 is 1.31 bits per heavy atom. The van der Waals surface area contributed by atoms with E-state index < -0.39 is 0 Å². The number of fused-ring (bicyclic) bond motifs is 1. The van der Waals surface area contributed by atoms with Crippen LogP contribution in [0.4, 0.5) is 0 Å². The first-order valence-electron chi connectivity index (χ1n) is 4.95. The van der Waals surface area contributed by atoms with Crippen molar-refractivity contribution in [3.8, 4) is 0 Å². The molecule has 0 aliphatic carbocycles. The normalized spacial score (nSPS) is 16.0. The molecule has 0 atom stereocenters. The Balaban J connectivity index is 0.000000396. The van der Waals surface area contributed by atoms with Crippen molar-refractivity contribution in [1.82, 2.24) is 14.7 Å². The summed E-state index contributed by atoms with van der Waals surface area (Å²) in [6, 6.07) is 0. The Labute approximate surface area is 80.4 Å². The van der Waals surface area contributed by atoms with Crippen LogP contribution in [0.1, 0.15) is 25.1 Å². The first-order valence-corrected chi connectivity index (χ1v) is 4.95. The first kappa shape index (κ1) is 10.3. The molecule has 1 aliphatic rings. The van der Waals surface area contributed by atoms with E-state index in [1.165, 1.54) is 11.3 Å². The Bertz CT molecular complexity index is 265. The van der Waals surface area contributed by atoms with E-state index in [2.05, 4.69) is 23.2 Å². The van der Waals surface area contributed by atoms with Crippen LogP contribution in [0.5, 0.6) is 0 Å². The number of hydrogen-bond donors (Lipinski definition) is 0. The molecule has 1 aromatic heterocycles. The summed E-state index contributed by atoms with van der Waals surface area (Å²) in [7, 11) is 4.13. The van der Waals surface area contributed by atoms with Crippen LogP contribution in [0.25, 0.3) is 0 Å².